The normalized spacial score (nSPS) is 16.1. The molecular weight excluding hydrogens is 522 g/mol. The van der Waals surface area contributed by atoms with Crippen molar-refractivity contribution < 1.29 is 18.3 Å². The van der Waals surface area contributed by atoms with Crippen LogP contribution in [0.4, 0.5) is 20.2 Å². The maximum atomic E-state index is 14.8. The number of benzene rings is 2. The molecule has 1 aliphatic rings. The van der Waals surface area contributed by atoms with E-state index in [9.17, 15) is 13.6 Å². The molecule has 1 atom stereocenters. The summed E-state index contributed by atoms with van der Waals surface area (Å²) in [5.41, 5.74) is 9.03. The summed E-state index contributed by atoms with van der Waals surface area (Å²) in [6, 6.07) is 7.86. The Morgan fingerprint density at radius 1 is 1.37 bits per heavy atom. The molecule has 4 rings (SSSR count). The van der Waals surface area contributed by atoms with Crippen LogP contribution in [-0.2, 0) is 11.2 Å². The van der Waals surface area contributed by atoms with Gasteiger partial charge in [-0.05, 0) is 60.0 Å². The van der Waals surface area contributed by atoms with Crippen LogP contribution in [-0.4, -0.2) is 41.2 Å². The Labute approximate surface area is 209 Å². The van der Waals surface area contributed by atoms with Gasteiger partial charge in [-0.3, -0.25) is 4.79 Å². The largest absolute Gasteiger partial charge is 0.495 e. The number of carbonyl (C=O) groups excluding carboxylic acids is 1. The fourth-order valence-electron chi connectivity index (χ4n) is 4.06. The van der Waals surface area contributed by atoms with E-state index in [4.69, 9.17) is 10.5 Å². The molecule has 8 nitrogen and oxygen atoms in total. The molecule has 1 amide bonds. The molecule has 35 heavy (non-hydrogen) atoms. The molecule has 184 valence electrons. The zero-order valence-corrected chi connectivity index (χ0v) is 20.8. The number of anilines is 2. The lowest BCUT2D eigenvalue weighted by Gasteiger charge is -2.25. The van der Waals surface area contributed by atoms with Crippen LogP contribution in [0.15, 0.2) is 52.9 Å². The second kappa shape index (κ2) is 10.4. The second-order valence-electron chi connectivity index (χ2n) is 8.12. The minimum Gasteiger partial charge on any atom is -0.495 e. The topological polar surface area (TPSA) is 98.3 Å². The number of nitrogens with zero attached hydrogens (tertiary/aromatic N) is 4. The number of nitrogens with two attached hydrogens (primary N) is 1. The van der Waals surface area contributed by atoms with Gasteiger partial charge in [0.05, 0.1) is 30.0 Å². The first kappa shape index (κ1) is 24.6. The Hall–Kier alpha value is -3.47. The van der Waals surface area contributed by atoms with Gasteiger partial charge in [0.2, 0.25) is 0 Å². The number of rotatable bonds is 7. The fraction of sp³-hybridized carbons (Fsp3) is 0.292. The molecular formula is C24H25BrF2N6O2. The highest BCUT2D eigenvalue weighted by Gasteiger charge is 2.34. The van der Waals surface area contributed by atoms with E-state index in [1.54, 1.807) is 38.6 Å². The Morgan fingerprint density at radius 3 is 2.89 bits per heavy atom. The molecule has 3 N–H and O–H groups in total. The van der Waals surface area contributed by atoms with Crippen molar-refractivity contribution in [2.75, 3.05) is 30.5 Å². The van der Waals surface area contributed by atoms with Crippen LogP contribution in [0.3, 0.4) is 0 Å². The predicted molar refractivity (Wildman–Crippen MR) is 133 cm³/mol. The number of alkyl halides is 1. The molecule has 11 heteroatoms. The Balaban J connectivity index is 1.65. The Kier molecular flexibility index (Phi) is 7.34. The summed E-state index contributed by atoms with van der Waals surface area (Å²) in [7, 11) is 1.55. The number of hydrogen-bond donors (Lipinski definition) is 2. The second-order valence-corrected chi connectivity index (χ2v) is 8.98. The zero-order chi connectivity index (χ0) is 25.1. The molecule has 0 spiro atoms. The summed E-state index contributed by atoms with van der Waals surface area (Å²) >= 11 is 3.19. The van der Waals surface area contributed by atoms with E-state index >= 15 is 0 Å². The highest BCUT2D eigenvalue weighted by Crippen LogP contribution is 2.36. The standard InChI is InChI=1S/C24H25BrF2N6O2/c1-14(28)12-29-18-6-3-15(11-22(18)35-2)19-13-33(31-30-19)21-7-4-16-20(8-5-17(25)23(16)27)32(10-9-26)24(21)34/h3,5-6,8,11-13,21,29H,4,7,9-10,28H2,1-2H3/b14-12-. The summed E-state index contributed by atoms with van der Waals surface area (Å²) < 4.78 is 35.4. The third kappa shape index (κ3) is 5.00. The molecule has 3 aromatic rings. The number of ether oxygens (including phenoxy) is 1. The van der Waals surface area contributed by atoms with E-state index in [0.717, 1.165) is 11.3 Å². The predicted octanol–water partition coefficient (Wildman–Crippen LogP) is 4.58. The van der Waals surface area contributed by atoms with Crippen molar-refractivity contribution in [1.29, 1.82) is 0 Å². The van der Waals surface area contributed by atoms with E-state index < -0.39 is 18.5 Å². The summed E-state index contributed by atoms with van der Waals surface area (Å²) in [6.45, 7) is 0.839. The third-order valence-corrected chi connectivity index (χ3v) is 6.38. The summed E-state index contributed by atoms with van der Waals surface area (Å²) in [5.74, 6) is -0.231. The third-order valence-electron chi connectivity index (χ3n) is 5.77. The molecule has 1 aromatic heterocycles. The van der Waals surface area contributed by atoms with E-state index in [0.29, 0.717) is 39.3 Å². The highest BCUT2D eigenvalue weighted by molar-refractivity contribution is 9.10. The van der Waals surface area contributed by atoms with Crippen molar-refractivity contribution in [2.45, 2.75) is 25.8 Å². The molecule has 0 aliphatic carbocycles. The molecule has 0 saturated carbocycles. The number of nitrogens with one attached hydrogen (secondary N) is 1. The smallest absolute Gasteiger partial charge is 0.252 e. The van der Waals surface area contributed by atoms with E-state index in [1.165, 1.54) is 15.6 Å². The number of hydrogen-bond acceptors (Lipinski definition) is 6. The average Bonchev–Trinajstić information content (AvgIpc) is 3.28. The first-order valence-electron chi connectivity index (χ1n) is 11.0. The molecule has 0 bridgehead atoms. The summed E-state index contributed by atoms with van der Waals surface area (Å²) in [5, 5.41) is 11.5. The molecule has 1 unspecified atom stereocenters. The van der Waals surface area contributed by atoms with Gasteiger partial charge in [-0.15, -0.1) is 5.10 Å². The lowest BCUT2D eigenvalue weighted by atomic mass is 10.1. The van der Waals surface area contributed by atoms with Gasteiger partial charge < -0.3 is 20.7 Å². The van der Waals surface area contributed by atoms with Crippen LogP contribution >= 0.6 is 15.9 Å². The van der Waals surface area contributed by atoms with E-state index in [1.807, 2.05) is 12.1 Å². The number of aromatic nitrogens is 3. The number of carbonyl (C=O) groups is 1. The van der Waals surface area contributed by atoms with Crippen LogP contribution < -0.4 is 20.7 Å². The highest BCUT2D eigenvalue weighted by atomic mass is 79.9. The van der Waals surface area contributed by atoms with Crippen LogP contribution in [0.2, 0.25) is 0 Å². The Bertz CT molecular complexity index is 1270. The van der Waals surface area contributed by atoms with Crippen molar-refractivity contribution >= 4 is 33.2 Å². The van der Waals surface area contributed by atoms with Crippen LogP contribution in [0.1, 0.15) is 24.9 Å². The van der Waals surface area contributed by atoms with Gasteiger partial charge in [0, 0.05) is 28.7 Å². The zero-order valence-electron chi connectivity index (χ0n) is 19.3. The molecule has 0 fully saturated rings. The van der Waals surface area contributed by atoms with Crippen molar-refractivity contribution in [3.05, 3.63) is 64.3 Å². The minimum absolute atomic E-state index is 0.173. The van der Waals surface area contributed by atoms with E-state index in [-0.39, 0.29) is 18.9 Å². The van der Waals surface area contributed by atoms with Gasteiger partial charge in [-0.2, -0.15) is 0 Å². The monoisotopic (exact) mass is 546 g/mol. The lowest BCUT2D eigenvalue weighted by Crippen LogP contribution is -2.38. The summed E-state index contributed by atoms with van der Waals surface area (Å²) in [4.78, 5) is 14.7. The molecule has 1 aliphatic heterocycles. The van der Waals surface area contributed by atoms with Gasteiger partial charge in [0.25, 0.3) is 5.91 Å². The van der Waals surface area contributed by atoms with Gasteiger partial charge in [0.1, 0.15) is 30.0 Å². The fourth-order valence-corrected chi connectivity index (χ4v) is 4.43. The number of allylic oxidation sites excluding steroid dienone is 1. The SMILES string of the molecule is COc1cc(-c2cn(C3CCc4c(ccc(Br)c4F)N(CCF)C3=O)nn2)ccc1N/C=C(/C)N. The number of halogens is 3. The Morgan fingerprint density at radius 2 is 2.17 bits per heavy atom. The first-order chi connectivity index (χ1) is 16.8. The molecule has 2 aromatic carbocycles. The van der Waals surface area contributed by atoms with Gasteiger partial charge in [0.15, 0.2) is 0 Å². The molecule has 2 heterocycles. The molecule has 0 saturated heterocycles. The first-order valence-corrected chi connectivity index (χ1v) is 11.8. The van der Waals surface area contributed by atoms with Gasteiger partial charge in [-0.1, -0.05) is 11.3 Å². The van der Waals surface area contributed by atoms with Crippen molar-refractivity contribution in [3.8, 4) is 17.0 Å². The van der Waals surface area contributed by atoms with Crippen molar-refractivity contribution in [3.63, 3.8) is 0 Å². The number of fused-ring (bicyclic) bond motifs is 1. The van der Waals surface area contributed by atoms with Crippen LogP contribution in [0.5, 0.6) is 5.75 Å². The number of methoxy groups -OCH3 is 1. The van der Waals surface area contributed by atoms with E-state index in [2.05, 4.69) is 31.6 Å². The van der Waals surface area contributed by atoms with Crippen molar-refractivity contribution in [2.24, 2.45) is 5.73 Å². The molecule has 0 radical (unpaired) electrons. The lowest BCUT2D eigenvalue weighted by molar-refractivity contribution is -0.122. The van der Waals surface area contributed by atoms with Gasteiger partial charge in [-0.25, -0.2) is 13.5 Å². The average molecular weight is 547 g/mol. The minimum atomic E-state index is -0.756. The van der Waals surface area contributed by atoms with Gasteiger partial charge >= 0.3 is 0 Å². The quantitative estimate of drug-likeness (QED) is 0.450. The van der Waals surface area contributed by atoms with Crippen LogP contribution in [0, 0.1) is 5.82 Å². The van der Waals surface area contributed by atoms with Crippen LogP contribution in [0.25, 0.3) is 11.3 Å². The maximum Gasteiger partial charge on any atom is 0.252 e. The van der Waals surface area contributed by atoms with Crippen molar-refractivity contribution in [1.82, 2.24) is 15.0 Å². The summed E-state index contributed by atoms with van der Waals surface area (Å²) in [6.07, 6.45) is 3.90. The maximum absolute atomic E-state index is 14.8. The number of amides is 1.